The van der Waals surface area contributed by atoms with Crippen molar-refractivity contribution in [3.05, 3.63) is 18.2 Å². The van der Waals surface area contributed by atoms with Crippen LogP contribution in [-0.4, -0.2) is 253 Å². The lowest BCUT2D eigenvalue weighted by atomic mass is 9.90. The van der Waals surface area contributed by atoms with Gasteiger partial charge in [0, 0.05) is 89.1 Å². The van der Waals surface area contributed by atoms with E-state index >= 15 is 0 Å². The predicted molar refractivity (Wildman–Crippen MR) is 371 cm³/mol. The van der Waals surface area contributed by atoms with E-state index in [1.54, 1.807) is 6.20 Å². The number of unbranched alkanes of at least 4 members (excludes halogenated alkanes) is 14. The molecule has 1 aromatic heterocycles. The third-order valence-electron chi connectivity index (χ3n) is 15.3. The molecular formula is C69H123N9O22. The molecule has 1 heterocycles. The Morgan fingerprint density at radius 1 is 0.480 bits per heavy atom. The van der Waals surface area contributed by atoms with Gasteiger partial charge < -0.3 is 90.5 Å². The van der Waals surface area contributed by atoms with Gasteiger partial charge in [0.25, 0.3) is 0 Å². The predicted octanol–water partition coefficient (Wildman–Crippen LogP) is 3.17. The summed E-state index contributed by atoms with van der Waals surface area (Å²) in [6, 6.07) is -2.68. The maximum absolute atomic E-state index is 13.0. The number of aliphatic carboxylic acids is 2. The second-order valence-corrected chi connectivity index (χ2v) is 24.1. The molecule has 0 aromatic carbocycles. The molecule has 4 atom stereocenters. The number of aromatic amines is 1. The largest absolute Gasteiger partial charge is 0.481 e. The number of ether oxygens (including phenoxy) is 8. The van der Waals surface area contributed by atoms with Crippen LogP contribution in [0.4, 0.5) is 0 Å². The molecule has 0 saturated carbocycles. The van der Waals surface area contributed by atoms with Gasteiger partial charge in [0.2, 0.25) is 29.5 Å². The van der Waals surface area contributed by atoms with Gasteiger partial charge in [-0.3, -0.25) is 53.3 Å². The molecule has 0 aliphatic carbocycles. The van der Waals surface area contributed by atoms with E-state index in [0.717, 1.165) is 50.6 Å². The first-order chi connectivity index (χ1) is 48.3. The summed E-state index contributed by atoms with van der Waals surface area (Å²) >= 11 is 0. The lowest BCUT2D eigenvalue weighted by Gasteiger charge is -2.19. The van der Waals surface area contributed by atoms with Crippen molar-refractivity contribution in [3.63, 3.8) is 0 Å². The van der Waals surface area contributed by atoms with Gasteiger partial charge in [-0.25, -0.2) is 9.78 Å². The third-order valence-corrected chi connectivity index (χ3v) is 15.3. The summed E-state index contributed by atoms with van der Waals surface area (Å²) in [4.78, 5) is 137. The van der Waals surface area contributed by atoms with Crippen LogP contribution in [0.25, 0.3) is 0 Å². The highest BCUT2D eigenvalue weighted by molar-refractivity contribution is 5.88. The first kappa shape index (κ1) is 93.7. The van der Waals surface area contributed by atoms with E-state index in [0.29, 0.717) is 111 Å². The Balaban J connectivity index is 0.00000197. The standard InChI is InChI=1S/C38H69N3O12.C31H54N6O10/c1-2-17-32(42)30-52-28-26-51-25-23-40-36(45)31-53-29-27-50-24-22-39-34(43)21-20-33(38(48)49)41-35(44)18-15-13-11-9-7-5-3-4-6-8-10-12-14-16-19-37(46)47;1-3-44-12-14-46-21-31(43)35-10-11-45-13-15-47-20-30(42)34-9-5-4-6-24(29(41)18-36-27(19-38)23(2)39)7-8-28(40)26(32)16-25-17-33-22-37-25/h33H,2-31H2,1H3,(H,39,43)(H,40,45)(H,41,44)(H,46,47)(H,48,49);17,22,24,26-27,36,38H,3-16,18-21,32H2,1-2H3,(H,33,37)(H,34,42)(H,35,43)/t33-;24-,26+,27+/m01/s1. The van der Waals surface area contributed by atoms with E-state index in [4.69, 9.17) is 48.7 Å². The van der Waals surface area contributed by atoms with Crippen molar-refractivity contribution in [2.75, 3.05) is 145 Å². The number of carboxylic acids is 2. The van der Waals surface area contributed by atoms with Gasteiger partial charge in [-0.2, -0.15) is 0 Å². The zero-order valence-electron chi connectivity index (χ0n) is 60.0. The second kappa shape index (κ2) is 67.2. The van der Waals surface area contributed by atoms with E-state index in [-0.39, 0.29) is 157 Å². The van der Waals surface area contributed by atoms with Crippen molar-refractivity contribution >= 4 is 64.6 Å². The van der Waals surface area contributed by atoms with Gasteiger partial charge in [0.15, 0.2) is 5.78 Å². The molecule has 0 aliphatic heterocycles. The molecule has 576 valence electrons. The second-order valence-electron chi connectivity index (χ2n) is 24.1. The Bertz CT molecular complexity index is 2320. The number of nitrogens with one attached hydrogen (secondary N) is 7. The fourth-order valence-corrected chi connectivity index (χ4v) is 9.63. The highest BCUT2D eigenvalue weighted by atomic mass is 16.5. The van der Waals surface area contributed by atoms with Gasteiger partial charge in [0.1, 0.15) is 49.8 Å². The van der Waals surface area contributed by atoms with Crippen LogP contribution >= 0.6 is 0 Å². The Morgan fingerprint density at radius 3 is 1.41 bits per heavy atom. The summed E-state index contributed by atoms with van der Waals surface area (Å²) in [6.07, 6.45) is 22.5. The highest BCUT2D eigenvalue weighted by Crippen LogP contribution is 2.18. The Morgan fingerprint density at radius 2 is 0.950 bits per heavy atom. The quantitative estimate of drug-likeness (QED) is 0.0417. The number of hydrogen-bond donors (Lipinski definition) is 11. The van der Waals surface area contributed by atoms with Crippen LogP contribution < -0.4 is 37.6 Å². The molecule has 0 unspecified atom stereocenters. The molecule has 0 fully saturated rings. The van der Waals surface area contributed by atoms with Gasteiger partial charge in [-0.1, -0.05) is 90.4 Å². The van der Waals surface area contributed by atoms with Gasteiger partial charge in [-0.15, -0.1) is 0 Å². The highest BCUT2D eigenvalue weighted by Gasteiger charge is 2.25. The number of rotatable bonds is 71. The summed E-state index contributed by atoms with van der Waals surface area (Å²) < 4.78 is 42.2. The number of carboxylic acid groups (broad SMARTS) is 2. The van der Waals surface area contributed by atoms with Crippen LogP contribution in [0.15, 0.2) is 12.5 Å². The molecule has 0 radical (unpaired) electrons. The number of carbonyl (C=O) groups excluding carboxylic acids is 9. The molecule has 31 nitrogen and oxygen atoms in total. The maximum Gasteiger partial charge on any atom is 0.326 e. The summed E-state index contributed by atoms with van der Waals surface area (Å²) in [5.41, 5.74) is 6.80. The normalized spacial score (nSPS) is 12.3. The minimum Gasteiger partial charge on any atom is -0.481 e. The average Bonchev–Trinajstić information content (AvgIpc) is 1.11. The topological polar surface area (TPSA) is 449 Å². The summed E-state index contributed by atoms with van der Waals surface area (Å²) in [5, 5.41) is 43.6. The van der Waals surface area contributed by atoms with Crippen LogP contribution in [-0.2, 0) is 97.1 Å². The van der Waals surface area contributed by atoms with Crippen LogP contribution in [0.5, 0.6) is 0 Å². The molecule has 0 bridgehead atoms. The minimum atomic E-state index is -1.18. The van der Waals surface area contributed by atoms with Crippen LogP contribution in [0.3, 0.4) is 0 Å². The Labute approximate surface area is 591 Å². The van der Waals surface area contributed by atoms with Crippen molar-refractivity contribution in [1.29, 1.82) is 0 Å². The molecule has 5 amide bonds. The summed E-state index contributed by atoms with van der Waals surface area (Å²) in [6.45, 7) is 9.42. The van der Waals surface area contributed by atoms with Gasteiger partial charge in [0.05, 0.1) is 104 Å². The molecule has 0 saturated heterocycles. The van der Waals surface area contributed by atoms with Crippen molar-refractivity contribution < 1.29 is 106 Å². The molecule has 12 N–H and O–H groups in total. The first-order valence-electron chi connectivity index (χ1n) is 35.9. The number of ketones is 4. The molecule has 31 heteroatoms. The van der Waals surface area contributed by atoms with Gasteiger partial charge >= 0.3 is 11.9 Å². The zero-order chi connectivity index (χ0) is 73.9. The average molecular weight is 1430 g/mol. The number of aromatic nitrogens is 2. The number of hydrogen-bond acceptors (Lipinski definition) is 23. The number of nitrogens with two attached hydrogens (primary N) is 1. The molecule has 100 heavy (non-hydrogen) atoms. The molecule has 0 aliphatic rings. The lowest BCUT2D eigenvalue weighted by Crippen LogP contribution is -2.42. The number of Topliss-reactive ketones (excluding diaryl/α,β-unsaturated/α-hetero) is 4. The van der Waals surface area contributed by atoms with Crippen molar-refractivity contribution in [3.8, 4) is 0 Å². The first-order valence-corrected chi connectivity index (χ1v) is 35.9. The molecule has 0 spiro atoms. The number of imidazole rings is 1. The Hall–Kier alpha value is -6.26. The van der Waals surface area contributed by atoms with Crippen LogP contribution in [0.1, 0.15) is 187 Å². The Kier molecular flexibility index (Phi) is 63.0. The zero-order valence-corrected chi connectivity index (χ0v) is 60.0. The number of aliphatic hydroxyl groups is 1. The van der Waals surface area contributed by atoms with E-state index < -0.39 is 42.6 Å². The van der Waals surface area contributed by atoms with E-state index in [1.165, 1.54) is 58.2 Å². The maximum atomic E-state index is 13.0. The fourth-order valence-electron chi connectivity index (χ4n) is 9.63. The van der Waals surface area contributed by atoms with Crippen molar-refractivity contribution in [2.45, 2.75) is 206 Å². The van der Waals surface area contributed by atoms with Crippen LogP contribution in [0, 0.1) is 5.92 Å². The van der Waals surface area contributed by atoms with E-state index in [2.05, 4.69) is 41.9 Å². The fraction of sp³-hybridized carbons (Fsp3) is 0.797. The number of H-pyrrole nitrogens is 1. The van der Waals surface area contributed by atoms with E-state index in [1.807, 2.05) is 13.8 Å². The van der Waals surface area contributed by atoms with Crippen molar-refractivity contribution in [2.24, 2.45) is 11.7 Å². The number of aliphatic hydroxyl groups excluding tert-OH is 1. The van der Waals surface area contributed by atoms with E-state index in [9.17, 15) is 63.0 Å². The SMILES string of the molecule is CCCC(=O)COCCOCCNC(=O)COCCOCCNC(=O)CC[C@H](NC(=O)CCCCCCCCCCCCCCCCC(=O)O)C(=O)O.CCOCCOCC(=O)NCCOCCOCC(=O)NCCCC[C@H](CCC(=O)[C@@H](N)Cc1cnc[nH]1)C(=O)CN[C@@H](CO)C(C)=O. The number of amides is 5. The summed E-state index contributed by atoms with van der Waals surface area (Å²) in [7, 11) is 0. The number of nitrogens with zero attached hydrogens (tertiary/aromatic N) is 1. The molecule has 1 rings (SSSR count). The summed E-state index contributed by atoms with van der Waals surface area (Å²) in [5.74, 6) is -4.36. The van der Waals surface area contributed by atoms with Crippen LogP contribution in [0.2, 0.25) is 0 Å². The lowest BCUT2D eigenvalue weighted by molar-refractivity contribution is -0.142. The van der Waals surface area contributed by atoms with Crippen molar-refractivity contribution in [1.82, 2.24) is 41.9 Å². The third kappa shape index (κ3) is 60.5. The molecular weight excluding hydrogens is 1310 g/mol. The minimum absolute atomic E-state index is 0.0156. The van der Waals surface area contributed by atoms with Gasteiger partial charge in [-0.05, 0) is 58.8 Å². The monoisotopic (exact) mass is 1430 g/mol. The molecule has 1 aromatic rings. The number of carbonyl (C=O) groups is 11. The smallest absolute Gasteiger partial charge is 0.326 e.